The van der Waals surface area contributed by atoms with E-state index >= 15 is 0 Å². The summed E-state index contributed by atoms with van der Waals surface area (Å²) in [6.07, 6.45) is 2.07. The van der Waals surface area contributed by atoms with Gasteiger partial charge in [-0.2, -0.15) is 0 Å². The van der Waals surface area contributed by atoms with Crippen molar-refractivity contribution in [3.8, 4) is 0 Å². The van der Waals surface area contributed by atoms with Crippen LogP contribution >= 0.6 is 22.9 Å². The normalized spacial score (nSPS) is 18.8. The average Bonchev–Trinajstić information content (AvgIpc) is 3.15. The number of anilines is 1. The molecule has 2 aliphatic rings. The fraction of sp³-hybridized carbons (Fsp3) is 0.208. The molecule has 156 valence electrons. The molecule has 1 aliphatic carbocycles. The smallest absolute Gasteiger partial charge is 0.256 e. The summed E-state index contributed by atoms with van der Waals surface area (Å²) in [7, 11) is 0. The predicted octanol–water partition coefficient (Wildman–Crippen LogP) is 5.56. The number of carbonyl (C=O) groups excluding carboxylic acids is 2. The lowest BCUT2D eigenvalue weighted by molar-refractivity contribution is -0.116. The number of nitrogens with one attached hydrogen (secondary N) is 2. The number of hydrogen-bond donors (Lipinski definition) is 2. The molecule has 3 aromatic rings. The SMILES string of the molecule is CC1=C(C(=O)Nc2nc3ccccc3s2)[C@H](c2ccccc2Cl)C2=C(CCCC2=O)N1. The molecule has 7 heteroatoms. The molecule has 1 atom stereocenters. The van der Waals surface area contributed by atoms with Crippen molar-refractivity contribution >= 4 is 50.0 Å². The molecule has 1 aromatic heterocycles. The number of allylic oxidation sites excluding steroid dienone is 3. The Morgan fingerprint density at radius 1 is 1.16 bits per heavy atom. The molecule has 0 fully saturated rings. The number of hydrogen-bond acceptors (Lipinski definition) is 5. The maximum absolute atomic E-state index is 13.5. The first kappa shape index (κ1) is 20.0. The number of nitrogens with zero attached hydrogens (tertiary/aromatic N) is 1. The van der Waals surface area contributed by atoms with E-state index in [-0.39, 0.29) is 11.7 Å². The van der Waals surface area contributed by atoms with E-state index in [4.69, 9.17) is 11.6 Å². The molecule has 0 spiro atoms. The van der Waals surface area contributed by atoms with Crippen LogP contribution in [0, 0.1) is 0 Å². The van der Waals surface area contributed by atoms with Crippen LogP contribution in [0.15, 0.2) is 71.1 Å². The highest BCUT2D eigenvalue weighted by atomic mass is 35.5. The molecule has 2 N–H and O–H groups in total. The molecule has 0 saturated heterocycles. The number of amides is 1. The Balaban J connectivity index is 1.58. The van der Waals surface area contributed by atoms with Crippen LogP contribution in [0.25, 0.3) is 10.2 Å². The van der Waals surface area contributed by atoms with Gasteiger partial charge in [0.2, 0.25) is 0 Å². The van der Waals surface area contributed by atoms with E-state index in [0.717, 1.165) is 40.0 Å². The molecular weight excluding hydrogens is 430 g/mol. The van der Waals surface area contributed by atoms with E-state index in [0.29, 0.717) is 27.7 Å². The summed E-state index contributed by atoms with van der Waals surface area (Å²) in [6, 6.07) is 15.2. The van der Waals surface area contributed by atoms with Gasteiger partial charge in [0, 0.05) is 39.9 Å². The molecule has 0 radical (unpaired) electrons. The van der Waals surface area contributed by atoms with Crippen LogP contribution in [0.1, 0.15) is 37.7 Å². The lowest BCUT2D eigenvalue weighted by Crippen LogP contribution is -2.35. The Hall–Kier alpha value is -2.96. The number of benzene rings is 2. The number of aromatic nitrogens is 1. The maximum Gasteiger partial charge on any atom is 0.256 e. The van der Waals surface area contributed by atoms with Crippen molar-refractivity contribution in [3.63, 3.8) is 0 Å². The topological polar surface area (TPSA) is 71.1 Å². The summed E-state index contributed by atoms with van der Waals surface area (Å²) >= 11 is 7.97. The second-order valence-electron chi connectivity index (χ2n) is 7.73. The largest absolute Gasteiger partial charge is 0.362 e. The monoisotopic (exact) mass is 449 g/mol. The lowest BCUT2D eigenvalue weighted by Gasteiger charge is -2.34. The Kier molecular flexibility index (Phi) is 5.12. The highest BCUT2D eigenvalue weighted by molar-refractivity contribution is 7.22. The molecule has 5 nitrogen and oxygen atoms in total. The Labute approximate surface area is 188 Å². The Morgan fingerprint density at radius 3 is 2.74 bits per heavy atom. The maximum atomic E-state index is 13.5. The summed E-state index contributed by atoms with van der Waals surface area (Å²) in [5.41, 5.74) is 4.39. The van der Waals surface area contributed by atoms with Crippen LogP contribution in [0.5, 0.6) is 0 Å². The zero-order valence-corrected chi connectivity index (χ0v) is 18.4. The number of dihydropyridines is 1. The molecular formula is C24H20ClN3O2S. The number of ketones is 1. The van der Waals surface area contributed by atoms with Crippen LogP contribution in [0.4, 0.5) is 5.13 Å². The molecule has 1 aliphatic heterocycles. The van der Waals surface area contributed by atoms with Gasteiger partial charge in [-0.25, -0.2) is 4.98 Å². The van der Waals surface area contributed by atoms with E-state index in [2.05, 4.69) is 15.6 Å². The highest BCUT2D eigenvalue weighted by Crippen LogP contribution is 2.44. The second kappa shape index (κ2) is 7.94. The minimum Gasteiger partial charge on any atom is -0.362 e. The van der Waals surface area contributed by atoms with E-state index in [1.165, 1.54) is 11.3 Å². The standard InChI is InChI=1S/C24H20ClN3O2S/c1-13-20(23(30)28-24-27-16-9-4-5-12-19(16)31-24)21(14-7-2-3-8-15(14)25)22-17(26-13)10-6-11-18(22)29/h2-5,7-9,12,21,26H,6,10-11H2,1H3,(H,27,28,30)/t21-/m0/s1. The summed E-state index contributed by atoms with van der Waals surface area (Å²) in [4.78, 5) is 31.0. The number of carbonyl (C=O) groups is 2. The summed E-state index contributed by atoms with van der Waals surface area (Å²) in [6.45, 7) is 1.87. The fourth-order valence-corrected chi connectivity index (χ4v) is 5.50. The van der Waals surface area contributed by atoms with Gasteiger partial charge in [-0.05, 0) is 43.5 Å². The molecule has 0 saturated carbocycles. The van der Waals surface area contributed by atoms with Gasteiger partial charge in [0.1, 0.15) is 0 Å². The zero-order valence-electron chi connectivity index (χ0n) is 16.9. The predicted molar refractivity (Wildman–Crippen MR) is 124 cm³/mol. The molecule has 2 heterocycles. The molecule has 1 amide bonds. The highest BCUT2D eigenvalue weighted by Gasteiger charge is 2.39. The van der Waals surface area contributed by atoms with E-state index in [9.17, 15) is 9.59 Å². The minimum absolute atomic E-state index is 0.0662. The minimum atomic E-state index is -0.507. The van der Waals surface area contributed by atoms with E-state index in [1.807, 2.05) is 49.4 Å². The summed E-state index contributed by atoms with van der Waals surface area (Å²) in [5.74, 6) is -0.720. The molecule has 5 rings (SSSR count). The number of fused-ring (bicyclic) bond motifs is 1. The van der Waals surface area contributed by atoms with Crippen molar-refractivity contribution in [1.29, 1.82) is 0 Å². The van der Waals surface area contributed by atoms with Gasteiger partial charge < -0.3 is 5.32 Å². The van der Waals surface area contributed by atoms with Crippen molar-refractivity contribution in [2.24, 2.45) is 0 Å². The quantitative estimate of drug-likeness (QED) is 0.549. The first-order valence-corrected chi connectivity index (χ1v) is 11.4. The lowest BCUT2D eigenvalue weighted by atomic mass is 9.75. The van der Waals surface area contributed by atoms with Crippen molar-refractivity contribution < 1.29 is 9.59 Å². The third-order valence-electron chi connectivity index (χ3n) is 5.75. The van der Waals surface area contributed by atoms with E-state index < -0.39 is 5.92 Å². The molecule has 2 aromatic carbocycles. The first-order chi connectivity index (χ1) is 15.0. The van der Waals surface area contributed by atoms with Gasteiger partial charge in [0.05, 0.1) is 10.2 Å². The van der Waals surface area contributed by atoms with Crippen LogP contribution in [0.3, 0.4) is 0 Å². The molecule has 0 unspecified atom stereocenters. The summed E-state index contributed by atoms with van der Waals surface area (Å²) < 4.78 is 1.00. The number of thiazole rings is 1. The summed E-state index contributed by atoms with van der Waals surface area (Å²) in [5, 5.41) is 7.35. The Morgan fingerprint density at radius 2 is 1.94 bits per heavy atom. The van der Waals surface area contributed by atoms with Crippen LogP contribution in [0.2, 0.25) is 5.02 Å². The van der Waals surface area contributed by atoms with E-state index in [1.54, 1.807) is 6.07 Å². The number of halogens is 1. The van der Waals surface area contributed by atoms with Gasteiger partial charge in [0.25, 0.3) is 5.91 Å². The van der Waals surface area contributed by atoms with Crippen molar-refractivity contribution in [2.75, 3.05) is 5.32 Å². The van der Waals surface area contributed by atoms with Crippen molar-refractivity contribution in [3.05, 3.63) is 81.7 Å². The average molecular weight is 450 g/mol. The fourth-order valence-electron chi connectivity index (χ4n) is 4.39. The van der Waals surface area contributed by atoms with Gasteiger partial charge in [-0.3, -0.25) is 14.9 Å². The van der Waals surface area contributed by atoms with Crippen LogP contribution in [-0.2, 0) is 9.59 Å². The number of para-hydroxylation sites is 1. The molecule has 31 heavy (non-hydrogen) atoms. The number of rotatable bonds is 3. The van der Waals surface area contributed by atoms with Gasteiger partial charge >= 0.3 is 0 Å². The van der Waals surface area contributed by atoms with Crippen molar-refractivity contribution in [1.82, 2.24) is 10.3 Å². The van der Waals surface area contributed by atoms with Gasteiger partial charge in [-0.1, -0.05) is 53.3 Å². The third-order valence-corrected chi connectivity index (χ3v) is 7.05. The number of Topliss-reactive ketones (excluding diaryl/α,β-unsaturated/α-hetero) is 1. The van der Waals surface area contributed by atoms with Gasteiger partial charge in [-0.15, -0.1) is 0 Å². The van der Waals surface area contributed by atoms with Crippen LogP contribution in [-0.4, -0.2) is 16.7 Å². The Bertz CT molecular complexity index is 1260. The zero-order chi connectivity index (χ0) is 21.5. The third kappa shape index (κ3) is 3.56. The second-order valence-corrected chi connectivity index (χ2v) is 9.17. The first-order valence-electron chi connectivity index (χ1n) is 10.2. The molecule has 0 bridgehead atoms. The van der Waals surface area contributed by atoms with Gasteiger partial charge in [0.15, 0.2) is 10.9 Å². The van der Waals surface area contributed by atoms with Crippen LogP contribution < -0.4 is 10.6 Å². The van der Waals surface area contributed by atoms with Crippen molar-refractivity contribution in [2.45, 2.75) is 32.1 Å².